The molecule has 0 aromatic rings. The number of hydrogen-bond donors (Lipinski definition) is 1. The average molecular weight is 239 g/mol. The minimum atomic E-state index is -0.444. The maximum absolute atomic E-state index is 9.19. The van der Waals surface area contributed by atoms with Crippen molar-refractivity contribution in [2.45, 2.75) is 57.8 Å². The zero-order valence-corrected chi connectivity index (χ0v) is 11.7. The fourth-order valence-corrected chi connectivity index (χ4v) is 2.45. The Bertz CT molecular complexity index is 289. The van der Waals surface area contributed by atoms with Crippen LogP contribution in [-0.4, -0.2) is 48.8 Å². The van der Waals surface area contributed by atoms with Crippen LogP contribution >= 0.6 is 0 Å². The lowest BCUT2D eigenvalue weighted by molar-refractivity contribution is -0.0662. The van der Waals surface area contributed by atoms with Crippen LogP contribution in [0.1, 0.15) is 34.1 Å². The second-order valence-corrected chi connectivity index (χ2v) is 5.44. The van der Waals surface area contributed by atoms with E-state index in [0.29, 0.717) is 12.1 Å². The molecule has 0 radical (unpaired) electrons. The second-order valence-electron chi connectivity index (χ2n) is 5.44. The molecule has 1 heterocycles. The SMILES string of the molecule is CNC(C)(C#N)CC(C)N1CC(C)OCC1C. The Morgan fingerprint density at radius 1 is 1.59 bits per heavy atom. The zero-order chi connectivity index (χ0) is 13.1. The molecule has 0 spiro atoms. The van der Waals surface area contributed by atoms with Gasteiger partial charge < -0.3 is 10.1 Å². The molecule has 98 valence electrons. The monoisotopic (exact) mass is 239 g/mol. The molecule has 1 saturated heterocycles. The molecule has 0 amide bonds. The van der Waals surface area contributed by atoms with Crippen LogP contribution in [0.15, 0.2) is 0 Å². The Balaban J connectivity index is 2.63. The van der Waals surface area contributed by atoms with E-state index in [-0.39, 0.29) is 6.10 Å². The molecule has 0 aliphatic carbocycles. The van der Waals surface area contributed by atoms with Crippen LogP contribution in [0.4, 0.5) is 0 Å². The van der Waals surface area contributed by atoms with Crippen LogP contribution < -0.4 is 5.32 Å². The van der Waals surface area contributed by atoms with Crippen LogP contribution in [0.5, 0.6) is 0 Å². The van der Waals surface area contributed by atoms with Crippen molar-refractivity contribution in [2.24, 2.45) is 0 Å². The molecule has 0 aromatic heterocycles. The zero-order valence-electron chi connectivity index (χ0n) is 11.7. The quantitative estimate of drug-likeness (QED) is 0.805. The summed E-state index contributed by atoms with van der Waals surface area (Å²) < 4.78 is 5.63. The molecule has 1 N–H and O–H groups in total. The average Bonchev–Trinajstić information content (AvgIpc) is 2.32. The number of nitrogens with one attached hydrogen (secondary N) is 1. The first kappa shape index (κ1) is 14.4. The molecule has 0 bridgehead atoms. The lowest BCUT2D eigenvalue weighted by atomic mass is 9.93. The Kier molecular flexibility index (Phi) is 4.93. The van der Waals surface area contributed by atoms with Gasteiger partial charge in [0.1, 0.15) is 5.54 Å². The van der Waals surface area contributed by atoms with Gasteiger partial charge >= 0.3 is 0 Å². The van der Waals surface area contributed by atoms with Crippen molar-refractivity contribution in [3.05, 3.63) is 0 Å². The number of ether oxygens (including phenoxy) is 1. The summed E-state index contributed by atoms with van der Waals surface area (Å²) in [6.07, 6.45) is 1.12. The summed E-state index contributed by atoms with van der Waals surface area (Å²) in [5.74, 6) is 0. The van der Waals surface area contributed by atoms with E-state index in [1.807, 2.05) is 14.0 Å². The van der Waals surface area contributed by atoms with Crippen molar-refractivity contribution >= 4 is 0 Å². The summed E-state index contributed by atoms with van der Waals surface area (Å²) in [6, 6.07) is 3.17. The predicted octanol–water partition coefficient (Wildman–Crippen LogP) is 1.38. The van der Waals surface area contributed by atoms with Crippen LogP contribution in [0, 0.1) is 11.3 Å². The standard InChI is InChI=1S/C13H25N3O/c1-10(6-13(4,9-14)15-5)16-7-12(3)17-8-11(16)2/h10-12,15H,6-8H2,1-5H3. The van der Waals surface area contributed by atoms with Crippen molar-refractivity contribution in [1.82, 2.24) is 10.2 Å². The predicted molar refractivity (Wildman–Crippen MR) is 68.7 cm³/mol. The minimum absolute atomic E-state index is 0.288. The van der Waals surface area contributed by atoms with Gasteiger partial charge in [-0.2, -0.15) is 5.26 Å². The van der Waals surface area contributed by atoms with E-state index in [4.69, 9.17) is 4.74 Å². The number of nitrogens with zero attached hydrogens (tertiary/aromatic N) is 2. The van der Waals surface area contributed by atoms with E-state index < -0.39 is 5.54 Å². The largest absolute Gasteiger partial charge is 0.376 e. The van der Waals surface area contributed by atoms with Crippen molar-refractivity contribution in [2.75, 3.05) is 20.2 Å². The van der Waals surface area contributed by atoms with Gasteiger partial charge in [0.15, 0.2) is 0 Å². The molecule has 4 heteroatoms. The topological polar surface area (TPSA) is 48.3 Å². The van der Waals surface area contributed by atoms with Crippen LogP contribution in [0.3, 0.4) is 0 Å². The van der Waals surface area contributed by atoms with Crippen molar-refractivity contribution in [3.63, 3.8) is 0 Å². The van der Waals surface area contributed by atoms with Gasteiger partial charge in [-0.15, -0.1) is 0 Å². The Morgan fingerprint density at radius 2 is 2.24 bits per heavy atom. The molecular formula is C13H25N3O. The highest BCUT2D eigenvalue weighted by atomic mass is 16.5. The molecule has 17 heavy (non-hydrogen) atoms. The first-order chi connectivity index (χ1) is 7.91. The third-order valence-corrected chi connectivity index (χ3v) is 3.72. The third-order valence-electron chi connectivity index (χ3n) is 3.72. The first-order valence-corrected chi connectivity index (χ1v) is 6.39. The third kappa shape index (κ3) is 3.67. The molecule has 1 rings (SSSR count). The fraction of sp³-hybridized carbons (Fsp3) is 0.923. The molecule has 0 aromatic carbocycles. The summed E-state index contributed by atoms with van der Waals surface area (Å²) in [5, 5.41) is 12.3. The molecule has 4 unspecified atom stereocenters. The van der Waals surface area contributed by atoms with E-state index in [9.17, 15) is 5.26 Å². The van der Waals surface area contributed by atoms with Crippen molar-refractivity contribution in [1.29, 1.82) is 5.26 Å². The lowest BCUT2D eigenvalue weighted by Gasteiger charge is -2.42. The van der Waals surface area contributed by atoms with E-state index in [0.717, 1.165) is 19.6 Å². The number of morpholine rings is 1. The van der Waals surface area contributed by atoms with Gasteiger partial charge in [-0.3, -0.25) is 4.90 Å². The van der Waals surface area contributed by atoms with Gasteiger partial charge in [0.05, 0.1) is 18.8 Å². The molecule has 0 saturated carbocycles. The molecule has 1 aliphatic heterocycles. The minimum Gasteiger partial charge on any atom is -0.376 e. The van der Waals surface area contributed by atoms with Crippen molar-refractivity contribution in [3.8, 4) is 6.07 Å². The molecule has 4 nitrogen and oxygen atoms in total. The number of nitriles is 1. The highest BCUT2D eigenvalue weighted by Gasteiger charge is 2.32. The van der Waals surface area contributed by atoms with Gasteiger partial charge in [0.25, 0.3) is 0 Å². The summed E-state index contributed by atoms with van der Waals surface area (Å²) in [6.45, 7) is 10.2. The van der Waals surface area contributed by atoms with E-state index in [1.54, 1.807) is 0 Å². The van der Waals surface area contributed by atoms with Gasteiger partial charge in [0, 0.05) is 18.6 Å². The Morgan fingerprint density at radius 3 is 2.76 bits per heavy atom. The first-order valence-electron chi connectivity index (χ1n) is 6.39. The smallest absolute Gasteiger partial charge is 0.105 e. The van der Waals surface area contributed by atoms with Gasteiger partial charge in [-0.25, -0.2) is 0 Å². The normalized spacial score (nSPS) is 31.5. The molecular weight excluding hydrogens is 214 g/mol. The maximum Gasteiger partial charge on any atom is 0.105 e. The highest BCUT2D eigenvalue weighted by Crippen LogP contribution is 2.21. The van der Waals surface area contributed by atoms with E-state index in [1.165, 1.54) is 0 Å². The summed E-state index contributed by atoms with van der Waals surface area (Å²) in [4.78, 5) is 2.45. The Hall–Kier alpha value is -0.630. The maximum atomic E-state index is 9.19. The number of hydrogen-bond acceptors (Lipinski definition) is 4. The Labute approximate surface area is 105 Å². The van der Waals surface area contributed by atoms with Crippen LogP contribution in [-0.2, 0) is 4.74 Å². The van der Waals surface area contributed by atoms with Crippen LogP contribution in [0.25, 0.3) is 0 Å². The second kappa shape index (κ2) is 5.81. The van der Waals surface area contributed by atoms with Gasteiger partial charge in [-0.1, -0.05) is 0 Å². The fourth-order valence-electron chi connectivity index (χ4n) is 2.45. The summed E-state index contributed by atoms with van der Waals surface area (Å²) >= 11 is 0. The van der Waals surface area contributed by atoms with Crippen LogP contribution in [0.2, 0.25) is 0 Å². The van der Waals surface area contributed by atoms with E-state index >= 15 is 0 Å². The summed E-state index contributed by atoms with van der Waals surface area (Å²) in [7, 11) is 1.85. The molecule has 1 fully saturated rings. The van der Waals surface area contributed by atoms with Gasteiger partial charge in [-0.05, 0) is 41.2 Å². The highest BCUT2D eigenvalue weighted by molar-refractivity contribution is 5.05. The number of rotatable bonds is 4. The molecule has 4 atom stereocenters. The van der Waals surface area contributed by atoms with Gasteiger partial charge in [0.2, 0.25) is 0 Å². The van der Waals surface area contributed by atoms with E-state index in [2.05, 4.69) is 37.1 Å². The summed E-state index contributed by atoms with van der Waals surface area (Å²) in [5.41, 5.74) is -0.444. The molecule has 1 aliphatic rings. The lowest BCUT2D eigenvalue weighted by Crippen LogP contribution is -2.54. The van der Waals surface area contributed by atoms with Crippen molar-refractivity contribution < 1.29 is 4.74 Å².